The normalized spacial score (nSPS) is 21.4. The number of nitrogens with one attached hydrogen (secondary N) is 1. The van der Waals surface area contributed by atoms with Crippen molar-refractivity contribution in [1.82, 2.24) is 10.3 Å². The average molecular weight is 283 g/mol. The lowest BCUT2D eigenvalue weighted by molar-refractivity contribution is -0.0337. The summed E-state index contributed by atoms with van der Waals surface area (Å²) in [6, 6.07) is 0.342. The van der Waals surface area contributed by atoms with Crippen molar-refractivity contribution >= 4 is 0 Å². The van der Waals surface area contributed by atoms with Crippen LogP contribution in [-0.4, -0.2) is 42.8 Å². The van der Waals surface area contributed by atoms with Gasteiger partial charge >= 0.3 is 0 Å². The zero-order chi connectivity index (χ0) is 14.8. The molecule has 4 nitrogen and oxygen atoms in total. The summed E-state index contributed by atoms with van der Waals surface area (Å²) in [7, 11) is 0. The molecule has 1 saturated heterocycles. The lowest BCUT2D eigenvalue weighted by Crippen LogP contribution is -2.63. The van der Waals surface area contributed by atoms with E-state index in [1.807, 2.05) is 6.08 Å². The van der Waals surface area contributed by atoms with E-state index in [4.69, 9.17) is 10.6 Å². The third kappa shape index (κ3) is 4.85. The molecule has 0 aromatic rings. The van der Waals surface area contributed by atoms with Gasteiger partial charge in [-0.2, -0.15) is 0 Å². The molecule has 118 valence electrons. The fraction of sp³-hybridized carbons (Fsp3) is 0.875. The van der Waals surface area contributed by atoms with Crippen LogP contribution >= 0.6 is 0 Å². The third-order valence-corrected chi connectivity index (χ3v) is 4.80. The molecule has 1 rings (SSSR count). The van der Waals surface area contributed by atoms with Crippen LogP contribution < -0.4 is 11.3 Å². The van der Waals surface area contributed by atoms with Crippen molar-refractivity contribution in [1.29, 1.82) is 0 Å². The SMILES string of the molecule is C=CCCCCCC(NN)C(C)(CC)N1CCOCC1. The highest BCUT2D eigenvalue weighted by Crippen LogP contribution is 2.27. The first-order valence-electron chi connectivity index (χ1n) is 8.08. The van der Waals surface area contributed by atoms with Crippen LogP contribution in [0.1, 0.15) is 52.4 Å². The third-order valence-electron chi connectivity index (χ3n) is 4.80. The number of morpholine rings is 1. The van der Waals surface area contributed by atoms with Gasteiger partial charge < -0.3 is 4.74 Å². The summed E-state index contributed by atoms with van der Waals surface area (Å²) in [6.07, 6.45) is 9.08. The number of hydrogen-bond donors (Lipinski definition) is 2. The van der Waals surface area contributed by atoms with Crippen molar-refractivity contribution in [3.05, 3.63) is 12.7 Å². The fourth-order valence-corrected chi connectivity index (χ4v) is 3.15. The molecule has 0 bridgehead atoms. The minimum Gasteiger partial charge on any atom is -0.379 e. The van der Waals surface area contributed by atoms with Crippen LogP contribution in [0.2, 0.25) is 0 Å². The molecule has 2 atom stereocenters. The molecule has 0 amide bonds. The molecule has 0 aliphatic carbocycles. The van der Waals surface area contributed by atoms with Crippen LogP contribution in [-0.2, 0) is 4.74 Å². The van der Waals surface area contributed by atoms with Gasteiger partial charge in [-0.05, 0) is 32.6 Å². The number of rotatable bonds is 10. The van der Waals surface area contributed by atoms with Gasteiger partial charge in [-0.25, -0.2) is 0 Å². The van der Waals surface area contributed by atoms with E-state index in [9.17, 15) is 0 Å². The van der Waals surface area contributed by atoms with Crippen molar-refractivity contribution in [3.63, 3.8) is 0 Å². The van der Waals surface area contributed by atoms with E-state index < -0.39 is 0 Å². The van der Waals surface area contributed by atoms with E-state index in [1.165, 1.54) is 19.3 Å². The van der Waals surface area contributed by atoms with E-state index in [2.05, 4.69) is 30.8 Å². The maximum absolute atomic E-state index is 5.86. The van der Waals surface area contributed by atoms with E-state index in [-0.39, 0.29) is 5.54 Å². The van der Waals surface area contributed by atoms with Crippen molar-refractivity contribution < 1.29 is 4.74 Å². The number of allylic oxidation sites excluding steroid dienone is 1. The Morgan fingerprint density at radius 3 is 2.60 bits per heavy atom. The summed E-state index contributed by atoms with van der Waals surface area (Å²) in [6.45, 7) is 12.1. The Balaban J connectivity index is 2.51. The van der Waals surface area contributed by atoms with Gasteiger partial charge in [0.05, 0.1) is 13.2 Å². The predicted octanol–water partition coefficient (Wildman–Crippen LogP) is 2.46. The summed E-state index contributed by atoms with van der Waals surface area (Å²) in [5.74, 6) is 5.86. The molecular weight excluding hydrogens is 250 g/mol. The fourth-order valence-electron chi connectivity index (χ4n) is 3.15. The standard InChI is InChI=1S/C16H33N3O/c1-4-6-7-8-9-10-15(18-17)16(3,5-2)19-11-13-20-14-12-19/h4,15,18H,1,5-14,17H2,2-3H3. The summed E-state index contributed by atoms with van der Waals surface area (Å²) in [4.78, 5) is 2.55. The second-order valence-corrected chi connectivity index (χ2v) is 5.96. The molecule has 20 heavy (non-hydrogen) atoms. The number of ether oxygens (including phenoxy) is 1. The number of nitrogens with zero attached hydrogens (tertiary/aromatic N) is 1. The van der Waals surface area contributed by atoms with E-state index >= 15 is 0 Å². The molecule has 2 unspecified atom stereocenters. The average Bonchev–Trinajstić information content (AvgIpc) is 2.51. The minimum absolute atomic E-state index is 0.122. The minimum atomic E-state index is 0.122. The van der Waals surface area contributed by atoms with Gasteiger partial charge in [0, 0.05) is 24.7 Å². The molecule has 3 N–H and O–H groups in total. The van der Waals surface area contributed by atoms with Gasteiger partial charge in [0.2, 0.25) is 0 Å². The number of hydrogen-bond acceptors (Lipinski definition) is 4. The second-order valence-electron chi connectivity index (χ2n) is 5.96. The van der Waals surface area contributed by atoms with Crippen molar-refractivity contribution in [2.75, 3.05) is 26.3 Å². The van der Waals surface area contributed by atoms with Gasteiger partial charge in [0.1, 0.15) is 0 Å². The molecule has 0 saturated carbocycles. The highest BCUT2D eigenvalue weighted by Gasteiger charge is 2.37. The Kier molecular flexibility index (Phi) is 8.38. The van der Waals surface area contributed by atoms with Crippen molar-refractivity contribution in [2.45, 2.75) is 64.0 Å². The largest absolute Gasteiger partial charge is 0.379 e. The smallest absolute Gasteiger partial charge is 0.0594 e. The summed E-state index contributed by atoms with van der Waals surface area (Å²) >= 11 is 0. The highest BCUT2D eigenvalue weighted by molar-refractivity contribution is 4.96. The van der Waals surface area contributed by atoms with E-state index in [1.54, 1.807) is 0 Å². The Morgan fingerprint density at radius 1 is 1.35 bits per heavy atom. The Labute approximate surface area is 124 Å². The maximum Gasteiger partial charge on any atom is 0.0594 e. The van der Waals surface area contributed by atoms with Gasteiger partial charge in [-0.15, -0.1) is 6.58 Å². The van der Waals surface area contributed by atoms with Crippen molar-refractivity contribution in [2.24, 2.45) is 5.84 Å². The molecule has 4 heteroatoms. The molecule has 1 fully saturated rings. The topological polar surface area (TPSA) is 50.5 Å². The van der Waals surface area contributed by atoms with Gasteiger partial charge in [0.15, 0.2) is 0 Å². The molecule has 1 aliphatic rings. The quantitative estimate of drug-likeness (QED) is 0.280. The Morgan fingerprint density at radius 2 is 2.05 bits per heavy atom. The molecule has 1 heterocycles. The molecular formula is C16H33N3O. The zero-order valence-corrected chi connectivity index (χ0v) is 13.4. The Bertz CT molecular complexity index is 266. The maximum atomic E-state index is 5.86. The number of nitrogens with two attached hydrogens (primary N) is 1. The van der Waals surface area contributed by atoms with Crippen LogP contribution in [0.4, 0.5) is 0 Å². The van der Waals surface area contributed by atoms with Crippen LogP contribution in [0.25, 0.3) is 0 Å². The van der Waals surface area contributed by atoms with E-state index in [0.717, 1.165) is 45.6 Å². The van der Waals surface area contributed by atoms with Gasteiger partial charge in [0.25, 0.3) is 0 Å². The lowest BCUT2D eigenvalue weighted by Gasteiger charge is -2.47. The van der Waals surface area contributed by atoms with Crippen LogP contribution in [0.15, 0.2) is 12.7 Å². The highest BCUT2D eigenvalue weighted by atomic mass is 16.5. The summed E-state index contributed by atoms with van der Waals surface area (Å²) in [5.41, 5.74) is 3.20. The molecule has 0 aromatic heterocycles. The van der Waals surface area contributed by atoms with Crippen molar-refractivity contribution in [3.8, 4) is 0 Å². The molecule has 0 aromatic carbocycles. The lowest BCUT2D eigenvalue weighted by atomic mass is 9.84. The number of hydrazine groups is 1. The van der Waals surface area contributed by atoms with E-state index in [0.29, 0.717) is 6.04 Å². The Hall–Kier alpha value is -0.420. The van der Waals surface area contributed by atoms with Gasteiger partial charge in [-0.1, -0.05) is 25.8 Å². The van der Waals surface area contributed by atoms with Crippen LogP contribution in [0.3, 0.4) is 0 Å². The number of unbranched alkanes of at least 4 members (excludes halogenated alkanes) is 3. The first-order chi connectivity index (χ1) is 9.69. The summed E-state index contributed by atoms with van der Waals surface area (Å²) in [5, 5.41) is 0. The second kappa shape index (κ2) is 9.50. The van der Waals surface area contributed by atoms with Crippen LogP contribution in [0.5, 0.6) is 0 Å². The first-order valence-corrected chi connectivity index (χ1v) is 8.08. The monoisotopic (exact) mass is 283 g/mol. The van der Waals surface area contributed by atoms with Gasteiger partial charge in [-0.3, -0.25) is 16.2 Å². The molecule has 1 aliphatic heterocycles. The molecule has 0 spiro atoms. The predicted molar refractivity (Wildman–Crippen MR) is 85.5 cm³/mol. The molecule has 0 radical (unpaired) electrons. The zero-order valence-electron chi connectivity index (χ0n) is 13.4. The summed E-state index contributed by atoms with van der Waals surface area (Å²) < 4.78 is 5.48. The first kappa shape index (κ1) is 17.6. The van der Waals surface area contributed by atoms with Crippen LogP contribution in [0, 0.1) is 0 Å².